The molecule has 0 aromatic heterocycles. The summed E-state index contributed by atoms with van der Waals surface area (Å²) in [6, 6.07) is 10.7. The van der Waals surface area contributed by atoms with Gasteiger partial charge in [0.1, 0.15) is 0 Å². The van der Waals surface area contributed by atoms with E-state index in [0.29, 0.717) is 29.6 Å². The minimum absolute atomic E-state index is 0. The standard InChI is InChI=1S/C22H24F3N3O2.HI/c1-26-21(28-13-11-17-9-10-19(29-2)20(15-17)30-3)27-12-5-7-16-6-4-8-18(14-16)22(23,24)25;/h4,6,8-10,14-15H,11-13H2,1-3H3,(H2,26,27,28);1H. The van der Waals surface area contributed by atoms with Gasteiger partial charge in [-0.3, -0.25) is 4.99 Å². The van der Waals surface area contributed by atoms with E-state index < -0.39 is 11.7 Å². The van der Waals surface area contributed by atoms with Crippen molar-refractivity contribution < 1.29 is 22.6 Å². The van der Waals surface area contributed by atoms with Crippen LogP contribution in [0.2, 0.25) is 0 Å². The normalized spacial score (nSPS) is 11.0. The van der Waals surface area contributed by atoms with Crippen molar-refractivity contribution in [1.82, 2.24) is 10.6 Å². The predicted octanol–water partition coefficient (Wildman–Crippen LogP) is 4.10. The summed E-state index contributed by atoms with van der Waals surface area (Å²) in [5.74, 6) is 7.41. The molecule has 31 heavy (non-hydrogen) atoms. The average Bonchev–Trinajstić information content (AvgIpc) is 2.74. The first-order chi connectivity index (χ1) is 14.4. The van der Waals surface area contributed by atoms with Crippen LogP contribution in [0.1, 0.15) is 16.7 Å². The van der Waals surface area contributed by atoms with Crippen molar-refractivity contribution in [2.45, 2.75) is 12.6 Å². The van der Waals surface area contributed by atoms with Gasteiger partial charge >= 0.3 is 6.18 Å². The molecule has 168 valence electrons. The summed E-state index contributed by atoms with van der Waals surface area (Å²) in [5, 5.41) is 6.17. The van der Waals surface area contributed by atoms with Gasteiger partial charge in [0.2, 0.25) is 0 Å². The second kappa shape index (κ2) is 12.9. The molecule has 2 aromatic rings. The molecule has 0 saturated carbocycles. The number of aliphatic imine (C=N–C) groups is 1. The number of methoxy groups -OCH3 is 2. The molecule has 0 atom stereocenters. The number of hydrogen-bond donors (Lipinski definition) is 2. The van der Waals surface area contributed by atoms with Gasteiger partial charge in [0.15, 0.2) is 17.5 Å². The van der Waals surface area contributed by atoms with Gasteiger partial charge in [0.05, 0.1) is 26.3 Å². The molecule has 0 aliphatic heterocycles. The second-order valence-electron chi connectivity index (χ2n) is 6.17. The fourth-order valence-electron chi connectivity index (χ4n) is 2.63. The summed E-state index contributed by atoms with van der Waals surface area (Å²) in [6.45, 7) is 0.864. The van der Waals surface area contributed by atoms with Crippen LogP contribution in [0.5, 0.6) is 11.5 Å². The molecule has 0 fully saturated rings. The molecule has 0 aliphatic carbocycles. The van der Waals surface area contributed by atoms with Crippen molar-refractivity contribution in [1.29, 1.82) is 0 Å². The highest BCUT2D eigenvalue weighted by Crippen LogP contribution is 2.29. The highest BCUT2D eigenvalue weighted by Gasteiger charge is 2.30. The molecule has 0 heterocycles. The Balaban J connectivity index is 0.00000480. The van der Waals surface area contributed by atoms with Crippen molar-refractivity contribution in [3.05, 3.63) is 59.2 Å². The van der Waals surface area contributed by atoms with E-state index in [9.17, 15) is 13.2 Å². The van der Waals surface area contributed by atoms with Crippen LogP contribution < -0.4 is 20.1 Å². The molecule has 0 bridgehead atoms. The molecular formula is C22H25F3IN3O2. The molecule has 0 amide bonds. The maximum absolute atomic E-state index is 12.7. The van der Waals surface area contributed by atoms with E-state index in [1.165, 1.54) is 6.07 Å². The van der Waals surface area contributed by atoms with Gasteiger partial charge in [0.25, 0.3) is 0 Å². The molecule has 0 aliphatic rings. The zero-order chi connectivity index (χ0) is 22.0. The molecule has 0 radical (unpaired) electrons. The van der Waals surface area contributed by atoms with Crippen LogP contribution in [0.15, 0.2) is 47.5 Å². The van der Waals surface area contributed by atoms with Crippen LogP contribution in [0.25, 0.3) is 0 Å². The number of guanidine groups is 1. The molecule has 2 N–H and O–H groups in total. The monoisotopic (exact) mass is 547 g/mol. The number of benzene rings is 2. The maximum Gasteiger partial charge on any atom is 0.416 e. The molecule has 0 saturated heterocycles. The smallest absolute Gasteiger partial charge is 0.416 e. The van der Waals surface area contributed by atoms with Crippen LogP contribution in [0.3, 0.4) is 0 Å². The lowest BCUT2D eigenvalue weighted by Crippen LogP contribution is -2.38. The third-order valence-electron chi connectivity index (χ3n) is 4.14. The Hall–Kier alpha value is -2.61. The van der Waals surface area contributed by atoms with E-state index in [-0.39, 0.29) is 30.5 Å². The maximum atomic E-state index is 12.7. The highest BCUT2D eigenvalue weighted by atomic mass is 127. The van der Waals surface area contributed by atoms with E-state index in [2.05, 4.69) is 27.5 Å². The van der Waals surface area contributed by atoms with Crippen LogP contribution >= 0.6 is 24.0 Å². The molecule has 0 spiro atoms. The number of nitrogens with one attached hydrogen (secondary N) is 2. The third-order valence-corrected chi connectivity index (χ3v) is 4.14. The summed E-state index contributed by atoms with van der Waals surface area (Å²) in [6.07, 6.45) is -3.65. The average molecular weight is 547 g/mol. The van der Waals surface area contributed by atoms with Gasteiger partial charge in [-0.05, 0) is 42.3 Å². The Morgan fingerprint density at radius 2 is 1.77 bits per heavy atom. The van der Waals surface area contributed by atoms with E-state index >= 15 is 0 Å². The fourth-order valence-corrected chi connectivity index (χ4v) is 2.63. The molecule has 2 rings (SSSR count). The minimum Gasteiger partial charge on any atom is -0.493 e. The topological polar surface area (TPSA) is 54.9 Å². The van der Waals surface area contributed by atoms with Gasteiger partial charge < -0.3 is 20.1 Å². The van der Waals surface area contributed by atoms with Crippen LogP contribution in [0.4, 0.5) is 13.2 Å². The van der Waals surface area contributed by atoms with E-state index in [4.69, 9.17) is 9.47 Å². The van der Waals surface area contributed by atoms with Crippen molar-refractivity contribution >= 4 is 29.9 Å². The first kappa shape index (κ1) is 26.4. The first-order valence-corrected chi connectivity index (χ1v) is 9.19. The Morgan fingerprint density at radius 3 is 2.42 bits per heavy atom. The van der Waals surface area contributed by atoms with Crippen LogP contribution in [-0.4, -0.2) is 40.3 Å². The molecule has 0 unspecified atom stereocenters. The lowest BCUT2D eigenvalue weighted by atomic mass is 10.1. The van der Waals surface area contributed by atoms with Gasteiger partial charge in [-0.1, -0.05) is 24.0 Å². The number of nitrogens with zero attached hydrogens (tertiary/aromatic N) is 1. The van der Waals surface area contributed by atoms with Gasteiger partial charge in [-0.2, -0.15) is 13.2 Å². The third kappa shape index (κ3) is 8.57. The summed E-state index contributed by atoms with van der Waals surface area (Å²) in [7, 11) is 4.81. The molecular weight excluding hydrogens is 522 g/mol. The number of halogens is 4. The Morgan fingerprint density at radius 1 is 1.03 bits per heavy atom. The summed E-state index contributed by atoms with van der Waals surface area (Å²) in [5.41, 5.74) is 0.665. The lowest BCUT2D eigenvalue weighted by molar-refractivity contribution is -0.137. The highest BCUT2D eigenvalue weighted by molar-refractivity contribution is 14.0. The quantitative estimate of drug-likeness (QED) is 0.248. The van der Waals surface area contributed by atoms with Gasteiger partial charge in [-0.15, -0.1) is 24.0 Å². The lowest BCUT2D eigenvalue weighted by Gasteiger charge is -2.12. The zero-order valence-corrected chi connectivity index (χ0v) is 19.8. The van der Waals surface area contributed by atoms with E-state index in [0.717, 1.165) is 24.1 Å². The predicted molar refractivity (Wildman–Crippen MR) is 126 cm³/mol. The van der Waals surface area contributed by atoms with Crippen molar-refractivity contribution in [2.75, 3.05) is 34.4 Å². The zero-order valence-electron chi connectivity index (χ0n) is 17.5. The summed E-state index contributed by atoms with van der Waals surface area (Å²) >= 11 is 0. The van der Waals surface area contributed by atoms with Crippen molar-refractivity contribution in [3.63, 3.8) is 0 Å². The molecule has 5 nitrogen and oxygen atoms in total. The number of alkyl halides is 3. The number of ether oxygens (including phenoxy) is 2. The van der Waals surface area contributed by atoms with Crippen LogP contribution in [0, 0.1) is 11.8 Å². The van der Waals surface area contributed by atoms with Gasteiger partial charge in [-0.25, -0.2) is 0 Å². The second-order valence-corrected chi connectivity index (χ2v) is 6.17. The SMILES string of the molecule is CN=C(NCC#Cc1cccc(C(F)(F)F)c1)NCCc1ccc(OC)c(OC)c1.I. The fraction of sp³-hybridized carbons (Fsp3) is 0.318. The first-order valence-electron chi connectivity index (χ1n) is 9.19. The Kier molecular flexibility index (Phi) is 11.0. The van der Waals surface area contributed by atoms with E-state index in [1.807, 2.05) is 18.2 Å². The molecule has 9 heteroatoms. The Labute approximate surface area is 197 Å². The summed E-state index contributed by atoms with van der Waals surface area (Å²) in [4.78, 5) is 4.10. The minimum atomic E-state index is -4.38. The largest absolute Gasteiger partial charge is 0.493 e. The van der Waals surface area contributed by atoms with Crippen LogP contribution in [-0.2, 0) is 12.6 Å². The van der Waals surface area contributed by atoms with Crippen molar-refractivity contribution in [2.24, 2.45) is 4.99 Å². The van der Waals surface area contributed by atoms with E-state index in [1.54, 1.807) is 27.3 Å². The number of rotatable bonds is 6. The summed E-state index contributed by atoms with van der Waals surface area (Å²) < 4.78 is 48.7. The Bertz CT molecular complexity index is 938. The van der Waals surface area contributed by atoms with Crippen molar-refractivity contribution in [3.8, 4) is 23.3 Å². The van der Waals surface area contributed by atoms with Gasteiger partial charge in [0, 0.05) is 19.2 Å². The number of hydrogen-bond acceptors (Lipinski definition) is 3. The molecule has 2 aromatic carbocycles.